The van der Waals surface area contributed by atoms with E-state index < -0.39 is 11.6 Å². The van der Waals surface area contributed by atoms with Crippen LogP contribution >= 0.6 is 0 Å². The molecule has 5 rings (SSSR count). The first-order chi connectivity index (χ1) is 17.7. The quantitative estimate of drug-likeness (QED) is 0.173. The molecule has 4 aromatic carbocycles. The number of carbonyl (C=O) groups excluding carboxylic acids is 1. The Kier molecular flexibility index (Phi) is 6.69. The van der Waals surface area contributed by atoms with Gasteiger partial charge in [-0.1, -0.05) is 36.4 Å². The van der Waals surface area contributed by atoms with E-state index in [4.69, 9.17) is 14.2 Å². The van der Waals surface area contributed by atoms with Gasteiger partial charge in [0.15, 0.2) is 23.0 Å². The lowest BCUT2D eigenvalue weighted by Gasteiger charge is -2.26. The molecule has 1 heterocycles. The number of aryl methyl sites for hydroxylation is 2. The van der Waals surface area contributed by atoms with Gasteiger partial charge in [0.05, 0.1) is 0 Å². The Balaban J connectivity index is 1.36. The summed E-state index contributed by atoms with van der Waals surface area (Å²) in [4.78, 5) is 16.1. The van der Waals surface area contributed by atoms with Gasteiger partial charge in [0, 0.05) is 12.1 Å². The maximum absolute atomic E-state index is 13.3. The van der Waals surface area contributed by atoms with Crippen molar-refractivity contribution in [2.75, 3.05) is 6.61 Å². The van der Waals surface area contributed by atoms with Crippen molar-refractivity contribution in [3.05, 3.63) is 107 Å². The van der Waals surface area contributed by atoms with Crippen LogP contribution < -0.4 is 9.47 Å². The van der Waals surface area contributed by atoms with Crippen LogP contribution in [-0.4, -0.2) is 12.6 Å². The van der Waals surface area contributed by atoms with Crippen LogP contribution in [0.3, 0.4) is 0 Å². The Hall–Kier alpha value is -3.77. The standard InChI is InChI=1S/C31H28FO4S/c1-20-17-24(37-27-11-7-5-9-25(27)35-26-10-6-8-12-28(26)37)18-21(2)30(20)34-19-29(33)36-31(3,4)22-13-15-23(32)16-14-22/h5-18H,19H2,1-4H3/q+1. The predicted molar refractivity (Wildman–Crippen MR) is 142 cm³/mol. The summed E-state index contributed by atoms with van der Waals surface area (Å²) in [6.07, 6.45) is 0. The lowest BCUT2D eigenvalue weighted by molar-refractivity contribution is -0.159. The highest BCUT2D eigenvalue weighted by Crippen LogP contribution is 2.47. The maximum atomic E-state index is 13.3. The minimum Gasteiger partial charge on any atom is -0.481 e. The Bertz CT molecular complexity index is 1390. The van der Waals surface area contributed by atoms with E-state index in [0.29, 0.717) is 11.3 Å². The molecule has 0 atom stereocenters. The Morgan fingerprint density at radius 3 is 1.97 bits per heavy atom. The molecule has 0 saturated carbocycles. The van der Waals surface area contributed by atoms with Gasteiger partial charge in [-0.25, -0.2) is 9.18 Å². The smallest absolute Gasteiger partial charge is 0.345 e. The minimum atomic E-state index is -0.910. The van der Waals surface area contributed by atoms with E-state index in [2.05, 4.69) is 24.3 Å². The first-order valence-electron chi connectivity index (χ1n) is 12.0. The topological polar surface area (TPSA) is 44.8 Å². The fourth-order valence-electron chi connectivity index (χ4n) is 4.51. The molecule has 37 heavy (non-hydrogen) atoms. The number of para-hydroxylation sites is 2. The van der Waals surface area contributed by atoms with Crippen LogP contribution in [0.1, 0.15) is 30.5 Å². The van der Waals surface area contributed by atoms with Crippen LogP contribution in [-0.2, 0) is 26.0 Å². The average Bonchev–Trinajstić information content (AvgIpc) is 2.86. The van der Waals surface area contributed by atoms with E-state index in [1.54, 1.807) is 26.0 Å². The zero-order chi connectivity index (χ0) is 26.2. The third kappa shape index (κ3) is 5.07. The summed E-state index contributed by atoms with van der Waals surface area (Å²) in [6, 6.07) is 26.4. The van der Waals surface area contributed by atoms with Gasteiger partial charge in [0.25, 0.3) is 0 Å². The van der Waals surface area contributed by atoms with Gasteiger partial charge in [-0.3, -0.25) is 0 Å². The Morgan fingerprint density at radius 1 is 0.865 bits per heavy atom. The van der Waals surface area contributed by atoms with Crippen LogP contribution in [0.5, 0.6) is 17.2 Å². The number of hydrogen-bond acceptors (Lipinski definition) is 4. The van der Waals surface area contributed by atoms with E-state index in [-0.39, 0.29) is 23.3 Å². The van der Waals surface area contributed by atoms with Crippen molar-refractivity contribution in [1.29, 1.82) is 0 Å². The molecule has 0 unspecified atom stereocenters. The monoisotopic (exact) mass is 515 g/mol. The van der Waals surface area contributed by atoms with Gasteiger partial charge in [0.2, 0.25) is 9.79 Å². The maximum Gasteiger partial charge on any atom is 0.345 e. The lowest BCUT2D eigenvalue weighted by Crippen LogP contribution is -2.28. The molecule has 0 fully saturated rings. The second kappa shape index (κ2) is 9.94. The molecule has 188 valence electrons. The van der Waals surface area contributed by atoms with Crippen LogP contribution in [0.15, 0.2) is 99.6 Å². The largest absolute Gasteiger partial charge is 0.481 e. The van der Waals surface area contributed by atoms with Crippen molar-refractivity contribution in [1.82, 2.24) is 0 Å². The molecule has 0 spiro atoms. The molecular formula is C31H28FO4S+. The van der Waals surface area contributed by atoms with E-state index in [1.165, 1.54) is 12.1 Å². The van der Waals surface area contributed by atoms with Crippen LogP contribution in [0.2, 0.25) is 0 Å². The molecule has 4 aromatic rings. The summed E-state index contributed by atoms with van der Waals surface area (Å²) in [6.45, 7) is 7.29. The minimum absolute atomic E-state index is 0.225. The first kappa shape index (κ1) is 24.9. The van der Waals surface area contributed by atoms with Crippen LogP contribution in [0, 0.1) is 19.7 Å². The van der Waals surface area contributed by atoms with Crippen molar-refractivity contribution in [2.24, 2.45) is 0 Å². The molecule has 0 radical (unpaired) electrons. The predicted octanol–water partition coefficient (Wildman–Crippen LogP) is 7.50. The second-order valence-electron chi connectivity index (χ2n) is 9.47. The fourth-order valence-corrected chi connectivity index (χ4v) is 6.89. The molecule has 0 aliphatic carbocycles. The highest BCUT2D eigenvalue weighted by atomic mass is 32.2. The number of halogens is 1. The number of rotatable bonds is 6. The fraction of sp³-hybridized carbons (Fsp3) is 0.194. The number of benzene rings is 4. The van der Waals surface area contributed by atoms with Gasteiger partial charge in [-0.05, 0) is 80.8 Å². The third-order valence-electron chi connectivity index (χ3n) is 6.27. The molecule has 1 aliphatic heterocycles. The van der Waals surface area contributed by atoms with Gasteiger partial charge >= 0.3 is 5.97 Å². The Morgan fingerprint density at radius 2 is 1.41 bits per heavy atom. The summed E-state index contributed by atoms with van der Waals surface area (Å²) in [5, 5.41) is 0. The van der Waals surface area contributed by atoms with E-state index in [9.17, 15) is 9.18 Å². The highest BCUT2D eigenvalue weighted by molar-refractivity contribution is 7.97. The summed E-state index contributed by atoms with van der Waals surface area (Å²) < 4.78 is 31.1. The Labute approximate surface area is 219 Å². The van der Waals surface area contributed by atoms with Crippen LogP contribution in [0.4, 0.5) is 4.39 Å². The number of carbonyl (C=O) groups is 1. The van der Waals surface area contributed by atoms with Crippen molar-refractivity contribution in [3.8, 4) is 17.2 Å². The summed E-state index contributed by atoms with van der Waals surface area (Å²) in [5.74, 6) is 1.57. The molecule has 0 bridgehead atoms. The molecular weight excluding hydrogens is 487 g/mol. The van der Waals surface area contributed by atoms with Gasteiger partial charge in [-0.2, -0.15) is 0 Å². The number of ether oxygens (including phenoxy) is 3. The number of esters is 1. The number of fused-ring (bicyclic) bond motifs is 2. The van der Waals surface area contributed by atoms with Gasteiger partial charge < -0.3 is 14.2 Å². The average molecular weight is 516 g/mol. The molecule has 1 aliphatic rings. The summed E-state index contributed by atoms with van der Waals surface area (Å²) >= 11 is 0. The summed E-state index contributed by atoms with van der Waals surface area (Å²) in [5.41, 5.74) is 1.67. The second-order valence-corrected chi connectivity index (χ2v) is 11.4. The molecule has 0 saturated heterocycles. The molecule has 0 amide bonds. The SMILES string of the molecule is Cc1cc([S+]2c3ccccc3Oc3ccccc32)cc(C)c1OCC(=O)OC(C)(C)c1ccc(F)cc1. The summed E-state index contributed by atoms with van der Waals surface area (Å²) in [7, 11) is -0.335. The lowest BCUT2D eigenvalue weighted by atomic mass is 9.98. The van der Waals surface area contributed by atoms with Gasteiger partial charge in [0.1, 0.15) is 28.1 Å². The molecule has 0 aromatic heterocycles. The number of hydrogen-bond donors (Lipinski definition) is 0. The molecule has 4 nitrogen and oxygen atoms in total. The van der Waals surface area contributed by atoms with Crippen molar-refractivity contribution in [3.63, 3.8) is 0 Å². The van der Waals surface area contributed by atoms with Crippen molar-refractivity contribution >= 4 is 16.9 Å². The van der Waals surface area contributed by atoms with Gasteiger partial charge in [-0.15, -0.1) is 0 Å². The van der Waals surface area contributed by atoms with E-state index in [0.717, 1.165) is 37.3 Å². The molecule has 6 heteroatoms. The normalized spacial score (nSPS) is 12.8. The third-order valence-corrected chi connectivity index (χ3v) is 8.53. The molecule has 0 N–H and O–H groups in total. The zero-order valence-electron chi connectivity index (χ0n) is 21.2. The van der Waals surface area contributed by atoms with E-state index >= 15 is 0 Å². The first-order valence-corrected chi connectivity index (χ1v) is 13.3. The zero-order valence-corrected chi connectivity index (χ0v) is 22.0. The van der Waals surface area contributed by atoms with E-state index in [1.807, 2.05) is 50.2 Å². The van der Waals surface area contributed by atoms with Crippen molar-refractivity contribution < 1.29 is 23.4 Å². The van der Waals surface area contributed by atoms with Crippen LogP contribution in [0.25, 0.3) is 0 Å². The van der Waals surface area contributed by atoms with Crippen molar-refractivity contribution in [2.45, 2.75) is 48.0 Å². The highest BCUT2D eigenvalue weighted by Gasteiger charge is 2.39.